The normalized spacial score (nSPS) is 18.6. The van der Waals surface area contributed by atoms with Gasteiger partial charge in [0, 0.05) is 5.92 Å². The number of rotatable bonds is 1. The third-order valence-corrected chi connectivity index (χ3v) is 3.14. The molecule has 4 heteroatoms. The molecule has 1 saturated carbocycles. The summed E-state index contributed by atoms with van der Waals surface area (Å²) < 4.78 is 1.49. The van der Waals surface area contributed by atoms with Crippen LogP contribution in [0.3, 0.4) is 0 Å². The first kappa shape index (κ1) is 9.37. The number of hydrogen-bond acceptors (Lipinski definition) is 3. The van der Waals surface area contributed by atoms with Crippen molar-refractivity contribution < 1.29 is 0 Å². The fraction of sp³-hybridized carbons (Fsp3) is 0.700. The van der Waals surface area contributed by atoms with Crippen molar-refractivity contribution in [2.75, 3.05) is 11.6 Å². The lowest BCUT2D eigenvalue weighted by molar-refractivity contribution is 0.438. The van der Waals surface area contributed by atoms with Crippen molar-refractivity contribution in [1.29, 1.82) is 0 Å². The van der Waals surface area contributed by atoms with Gasteiger partial charge in [-0.3, -0.25) is 0 Å². The number of aromatic nitrogens is 2. The summed E-state index contributed by atoms with van der Waals surface area (Å²) in [6.07, 6.45) is 6.35. The van der Waals surface area contributed by atoms with Gasteiger partial charge in [0.1, 0.15) is 11.6 Å². The fourth-order valence-corrected chi connectivity index (χ4v) is 2.26. The molecule has 0 bridgehead atoms. The molecule has 78 valence electrons. The summed E-state index contributed by atoms with van der Waals surface area (Å²) in [6, 6.07) is 0. The van der Waals surface area contributed by atoms with E-state index in [9.17, 15) is 0 Å². The van der Waals surface area contributed by atoms with E-state index in [2.05, 4.69) is 4.98 Å². The van der Waals surface area contributed by atoms with Crippen LogP contribution in [0.15, 0.2) is 0 Å². The molecule has 1 aliphatic carbocycles. The first-order chi connectivity index (χ1) is 6.70. The summed E-state index contributed by atoms with van der Waals surface area (Å²) in [5, 5.41) is 0. The molecule has 1 aromatic rings. The predicted octanol–water partition coefficient (Wildman–Crippen LogP) is 1.54. The molecule has 1 heterocycles. The Morgan fingerprint density at radius 3 is 2.43 bits per heavy atom. The maximum Gasteiger partial charge on any atom is 0.146 e. The highest BCUT2D eigenvalue weighted by Gasteiger charge is 2.22. The van der Waals surface area contributed by atoms with Crippen LogP contribution in [0.2, 0.25) is 0 Å². The van der Waals surface area contributed by atoms with Crippen LogP contribution < -0.4 is 11.6 Å². The van der Waals surface area contributed by atoms with Gasteiger partial charge >= 0.3 is 0 Å². The molecule has 1 aliphatic rings. The van der Waals surface area contributed by atoms with Gasteiger partial charge in [-0.1, -0.05) is 19.3 Å². The van der Waals surface area contributed by atoms with Gasteiger partial charge in [-0.05, 0) is 19.8 Å². The molecule has 0 aromatic carbocycles. The monoisotopic (exact) mass is 194 g/mol. The third kappa shape index (κ3) is 1.45. The Morgan fingerprint density at radius 2 is 1.93 bits per heavy atom. The van der Waals surface area contributed by atoms with Crippen LogP contribution in [-0.2, 0) is 0 Å². The van der Waals surface area contributed by atoms with Crippen LogP contribution in [0.1, 0.15) is 49.5 Å². The van der Waals surface area contributed by atoms with Crippen molar-refractivity contribution in [2.24, 2.45) is 0 Å². The first-order valence-corrected chi connectivity index (χ1v) is 5.30. The van der Waals surface area contributed by atoms with Crippen molar-refractivity contribution >= 4 is 5.82 Å². The zero-order valence-corrected chi connectivity index (χ0v) is 8.66. The molecule has 0 spiro atoms. The SMILES string of the molecule is Cc1nc(C2CCCCC2)c(N)n1N. The summed E-state index contributed by atoms with van der Waals surface area (Å²) in [7, 11) is 0. The van der Waals surface area contributed by atoms with Gasteiger partial charge in [0.05, 0.1) is 5.69 Å². The summed E-state index contributed by atoms with van der Waals surface area (Å²) >= 11 is 0. The minimum absolute atomic E-state index is 0.534. The lowest BCUT2D eigenvalue weighted by atomic mass is 9.87. The Labute approximate surface area is 84.3 Å². The predicted molar refractivity (Wildman–Crippen MR) is 57.4 cm³/mol. The minimum atomic E-state index is 0.534. The molecule has 14 heavy (non-hydrogen) atoms. The lowest BCUT2D eigenvalue weighted by Crippen LogP contribution is -2.14. The largest absolute Gasteiger partial charge is 0.382 e. The van der Waals surface area contributed by atoms with Crippen molar-refractivity contribution in [3.05, 3.63) is 11.5 Å². The molecular weight excluding hydrogens is 176 g/mol. The maximum atomic E-state index is 5.91. The van der Waals surface area contributed by atoms with Gasteiger partial charge in [0.2, 0.25) is 0 Å². The average molecular weight is 194 g/mol. The van der Waals surface area contributed by atoms with Crippen LogP contribution in [0, 0.1) is 6.92 Å². The number of nitrogens with zero attached hydrogens (tertiary/aromatic N) is 2. The van der Waals surface area contributed by atoms with Crippen molar-refractivity contribution in [3.8, 4) is 0 Å². The van der Waals surface area contributed by atoms with Crippen LogP contribution >= 0.6 is 0 Å². The van der Waals surface area contributed by atoms with E-state index in [0.29, 0.717) is 11.7 Å². The van der Waals surface area contributed by atoms with E-state index in [0.717, 1.165) is 11.5 Å². The summed E-state index contributed by atoms with van der Waals surface area (Å²) in [4.78, 5) is 4.45. The fourth-order valence-electron chi connectivity index (χ4n) is 2.26. The number of aryl methyl sites for hydroxylation is 1. The molecule has 1 fully saturated rings. The van der Waals surface area contributed by atoms with E-state index in [4.69, 9.17) is 11.6 Å². The standard InChI is InChI=1S/C10H18N4/c1-7-13-9(10(11)14(7)12)8-5-3-2-4-6-8/h8H,2-6,11-12H2,1H3. The van der Waals surface area contributed by atoms with E-state index >= 15 is 0 Å². The molecule has 0 saturated heterocycles. The van der Waals surface area contributed by atoms with E-state index in [-0.39, 0.29) is 0 Å². The third-order valence-electron chi connectivity index (χ3n) is 3.14. The molecular formula is C10H18N4. The molecule has 0 atom stereocenters. The number of anilines is 1. The molecule has 0 amide bonds. The highest BCUT2D eigenvalue weighted by molar-refractivity contribution is 5.40. The van der Waals surface area contributed by atoms with Crippen molar-refractivity contribution in [2.45, 2.75) is 44.9 Å². The van der Waals surface area contributed by atoms with Crippen LogP contribution in [0.4, 0.5) is 5.82 Å². The van der Waals surface area contributed by atoms with Crippen LogP contribution in [-0.4, -0.2) is 9.66 Å². The Kier molecular flexibility index (Phi) is 2.35. The number of nitrogens with two attached hydrogens (primary N) is 2. The quantitative estimate of drug-likeness (QED) is 0.666. The smallest absolute Gasteiger partial charge is 0.146 e. The van der Waals surface area contributed by atoms with Gasteiger partial charge < -0.3 is 11.6 Å². The maximum absolute atomic E-state index is 5.91. The van der Waals surface area contributed by atoms with E-state index in [1.807, 2.05) is 6.92 Å². The Bertz CT molecular complexity index is 323. The van der Waals surface area contributed by atoms with E-state index < -0.39 is 0 Å². The molecule has 2 rings (SSSR count). The molecule has 4 N–H and O–H groups in total. The topological polar surface area (TPSA) is 69.9 Å². The van der Waals surface area contributed by atoms with Crippen LogP contribution in [0.5, 0.6) is 0 Å². The van der Waals surface area contributed by atoms with Gasteiger partial charge in [-0.15, -0.1) is 0 Å². The van der Waals surface area contributed by atoms with Gasteiger partial charge in [-0.2, -0.15) is 0 Å². The number of nitrogen functional groups attached to an aromatic ring is 2. The summed E-state index contributed by atoms with van der Waals surface area (Å²) in [6.45, 7) is 1.89. The van der Waals surface area contributed by atoms with Crippen molar-refractivity contribution in [3.63, 3.8) is 0 Å². The first-order valence-electron chi connectivity index (χ1n) is 5.30. The second-order valence-corrected chi connectivity index (χ2v) is 4.13. The Morgan fingerprint density at radius 1 is 1.29 bits per heavy atom. The van der Waals surface area contributed by atoms with Gasteiger partial charge in [0.15, 0.2) is 0 Å². The molecule has 0 radical (unpaired) electrons. The molecule has 0 aliphatic heterocycles. The lowest BCUT2D eigenvalue weighted by Gasteiger charge is -2.20. The van der Waals surface area contributed by atoms with Crippen molar-refractivity contribution in [1.82, 2.24) is 9.66 Å². The van der Waals surface area contributed by atoms with Crippen LogP contribution in [0.25, 0.3) is 0 Å². The summed E-state index contributed by atoms with van der Waals surface area (Å²) in [5.74, 6) is 7.73. The molecule has 0 unspecified atom stereocenters. The summed E-state index contributed by atoms with van der Waals surface area (Å²) in [5.41, 5.74) is 6.93. The Hall–Kier alpha value is -1.19. The second-order valence-electron chi connectivity index (χ2n) is 4.13. The average Bonchev–Trinajstić information content (AvgIpc) is 2.47. The van der Waals surface area contributed by atoms with E-state index in [1.54, 1.807) is 0 Å². The highest BCUT2D eigenvalue weighted by atomic mass is 15.4. The zero-order valence-electron chi connectivity index (χ0n) is 8.66. The number of hydrogen-bond donors (Lipinski definition) is 2. The Balaban J connectivity index is 2.26. The van der Waals surface area contributed by atoms with Gasteiger partial charge in [-0.25, -0.2) is 9.66 Å². The number of imidazole rings is 1. The molecule has 1 aromatic heterocycles. The van der Waals surface area contributed by atoms with E-state index in [1.165, 1.54) is 36.8 Å². The second kappa shape index (κ2) is 3.52. The zero-order chi connectivity index (χ0) is 10.1. The highest BCUT2D eigenvalue weighted by Crippen LogP contribution is 2.34. The minimum Gasteiger partial charge on any atom is -0.382 e. The van der Waals surface area contributed by atoms with Gasteiger partial charge in [0.25, 0.3) is 0 Å². The molecule has 4 nitrogen and oxygen atoms in total.